The van der Waals surface area contributed by atoms with Crippen molar-refractivity contribution in [3.05, 3.63) is 64.4 Å². The Morgan fingerprint density at radius 3 is 2.68 bits per heavy atom. The fourth-order valence-electron chi connectivity index (χ4n) is 1.73. The molecule has 0 unspecified atom stereocenters. The summed E-state index contributed by atoms with van der Waals surface area (Å²) in [7, 11) is 0. The van der Waals surface area contributed by atoms with Gasteiger partial charge in [0.25, 0.3) is 5.91 Å². The van der Waals surface area contributed by atoms with Crippen molar-refractivity contribution in [2.45, 2.75) is 6.42 Å². The maximum atomic E-state index is 11.6. The van der Waals surface area contributed by atoms with Crippen molar-refractivity contribution in [2.24, 2.45) is 0 Å². The van der Waals surface area contributed by atoms with Crippen LogP contribution in [-0.2, 0) is 9.53 Å². The van der Waals surface area contributed by atoms with Gasteiger partial charge in [0, 0.05) is 6.54 Å². The lowest BCUT2D eigenvalue weighted by atomic mass is 10.2. The minimum Gasteiger partial charge on any atom is -0.461 e. The number of esters is 1. The topological polar surface area (TPSA) is 55.4 Å². The fourth-order valence-corrected chi connectivity index (χ4v) is 2.37. The Morgan fingerprint density at radius 1 is 1.14 bits per heavy atom. The number of hydrogen-bond donors (Lipinski definition) is 1. The van der Waals surface area contributed by atoms with E-state index in [4.69, 9.17) is 4.74 Å². The summed E-state index contributed by atoms with van der Waals surface area (Å²) in [5.74, 6) is -0.490. The van der Waals surface area contributed by atoms with Crippen LogP contribution in [0.1, 0.15) is 21.7 Å². The number of carbonyl (C=O) groups is 2. The Hall–Kier alpha value is -2.40. The summed E-state index contributed by atoms with van der Waals surface area (Å²) in [5, 5.41) is 4.52. The van der Waals surface area contributed by atoms with E-state index in [2.05, 4.69) is 5.32 Å². The van der Waals surface area contributed by atoms with Crippen molar-refractivity contribution in [3.8, 4) is 0 Å². The molecule has 2 aromatic rings. The van der Waals surface area contributed by atoms with Gasteiger partial charge in [-0.2, -0.15) is 0 Å². The van der Waals surface area contributed by atoms with Crippen LogP contribution < -0.4 is 5.32 Å². The molecule has 1 aromatic heterocycles. The van der Waals surface area contributed by atoms with Crippen LogP contribution in [0.15, 0.2) is 53.9 Å². The van der Waals surface area contributed by atoms with Gasteiger partial charge in [0.2, 0.25) is 0 Å². The van der Waals surface area contributed by atoms with E-state index in [0.717, 1.165) is 5.56 Å². The van der Waals surface area contributed by atoms with E-state index in [9.17, 15) is 9.59 Å². The second kappa shape index (κ2) is 8.79. The molecular weight excluding hydrogens is 298 g/mol. The second-order valence-electron chi connectivity index (χ2n) is 4.48. The number of ether oxygens (including phenoxy) is 1. The molecule has 1 heterocycles. The van der Waals surface area contributed by atoms with Crippen LogP contribution in [0.3, 0.4) is 0 Å². The summed E-state index contributed by atoms with van der Waals surface area (Å²) >= 11 is 1.37. The number of hydrogen-bond acceptors (Lipinski definition) is 4. The molecule has 0 bridgehead atoms. The minimum absolute atomic E-state index is 0.160. The molecule has 0 saturated carbocycles. The van der Waals surface area contributed by atoms with Gasteiger partial charge in [-0.3, -0.25) is 9.59 Å². The highest BCUT2D eigenvalue weighted by Crippen LogP contribution is 2.07. The zero-order valence-electron chi connectivity index (χ0n) is 12.0. The molecule has 1 aromatic carbocycles. The van der Waals surface area contributed by atoms with Crippen LogP contribution in [0.2, 0.25) is 0 Å². The zero-order valence-corrected chi connectivity index (χ0v) is 12.8. The molecule has 0 fully saturated rings. The summed E-state index contributed by atoms with van der Waals surface area (Å²) < 4.78 is 5.06. The summed E-state index contributed by atoms with van der Waals surface area (Å²) in [6.45, 7) is 0.505. The van der Waals surface area contributed by atoms with Gasteiger partial charge in [-0.05, 0) is 23.1 Å². The van der Waals surface area contributed by atoms with Gasteiger partial charge in [-0.15, -0.1) is 11.3 Å². The first-order valence-corrected chi connectivity index (χ1v) is 7.82. The highest BCUT2D eigenvalue weighted by atomic mass is 32.1. The van der Waals surface area contributed by atoms with E-state index in [-0.39, 0.29) is 31.4 Å². The number of benzene rings is 1. The predicted molar refractivity (Wildman–Crippen MR) is 87.7 cm³/mol. The number of amides is 1. The lowest BCUT2D eigenvalue weighted by molar-refractivity contribution is -0.142. The second-order valence-corrected chi connectivity index (χ2v) is 5.43. The molecule has 0 spiro atoms. The van der Waals surface area contributed by atoms with Crippen LogP contribution in [-0.4, -0.2) is 25.0 Å². The molecule has 0 radical (unpaired) electrons. The fraction of sp³-hybridized carbons (Fsp3) is 0.176. The smallest absolute Gasteiger partial charge is 0.307 e. The molecule has 114 valence electrons. The minimum atomic E-state index is -0.329. The average Bonchev–Trinajstić information content (AvgIpc) is 3.07. The quantitative estimate of drug-likeness (QED) is 0.799. The molecule has 0 atom stereocenters. The lowest BCUT2D eigenvalue weighted by Gasteiger charge is -2.03. The third-order valence-corrected chi connectivity index (χ3v) is 3.68. The van der Waals surface area contributed by atoms with E-state index in [1.807, 2.05) is 47.9 Å². The van der Waals surface area contributed by atoms with E-state index in [1.54, 1.807) is 12.1 Å². The normalized spacial score (nSPS) is 10.5. The maximum absolute atomic E-state index is 11.6. The molecule has 1 N–H and O–H groups in total. The van der Waals surface area contributed by atoms with E-state index in [0.29, 0.717) is 4.88 Å². The molecule has 1 amide bonds. The number of rotatable bonds is 7. The molecule has 2 rings (SSSR count). The summed E-state index contributed by atoms with van der Waals surface area (Å²) in [6.07, 6.45) is 3.85. The van der Waals surface area contributed by atoms with Crippen molar-refractivity contribution in [3.63, 3.8) is 0 Å². The van der Waals surface area contributed by atoms with E-state index >= 15 is 0 Å². The largest absolute Gasteiger partial charge is 0.461 e. The summed E-state index contributed by atoms with van der Waals surface area (Å²) in [4.78, 5) is 23.8. The number of thiophene rings is 1. The van der Waals surface area contributed by atoms with Crippen LogP contribution in [0.4, 0.5) is 0 Å². The van der Waals surface area contributed by atoms with Gasteiger partial charge < -0.3 is 10.1 Å². The van der Waals surface area contributed by atoms with Gasteiger partial charge in [-0.1, -0.05) is 42.5 Å². The highest BCUT2D eigenvalue weighted by Gasteiger charge is 2.07. The van der Waals surface area contributed by atoms with E-state index < -0.39 is 0 Å². The summed E-state index contributed by atoms with van der Waals surface area (Å²) in [6, 6.07) is 13.3. The van der Waals surface area contributed by atoms with Gasteiger partial charge in [0.15, 0.2) is 0 Å². The maximum Gasteiger partial charge on any atom is 0.307 e. The van der Waals surface area contributed by atoms with Gasteiger partial charge in [-0.25, -0.2) is 0 Å². The van der Waals surface area contributed by atoms with Crippen molar-refractivity contribution in [1.82, 2.24) is 5.32 Å². The molecule has 22 heavy (non-hydrogen) atoms. The monoisotopic (exact) mass is 315 g/mol. The Bertz CT molecular complexity index is 621. The van der Waals surface area contributed by atoms with Crippen LogP contribution >= 0.6 is 11.3 Å². The van der Waals surface area contributed by atoms with Crippen molar-refractivity contribution in [2.75, 3.05) is 13.2 Å². The Balaban J connectivity index is 1.60. The highest BCUT2D eigenvalue weighted by molar-refractivity contribution is 7.12. The first kappa shape index (κ1) is 16.0. The SMILES string of the molecule is O=C(CCNC(=O)c1cccs1)OC/C=C/c1ccccc1. The van der Waals surface area contributed by atoms with Gasteiger partial charge in [0.05, 0.1) is 11.3 Å². The molecular formula is C17H17NO3S. The van der Waals surface area contributed by atoms with Gasteiger partial charge in [0.1, 0.15) is 6.61 Å². The van der Waals surface area contributed by atoms with Crippen LogP contribution in [0, 0.1) is 0 Å². The predicted octanol–water partition coefficient (Wildman–Crippen LogP) is 3.12. The van der Waals surface area contributed by atoms with Crippen molar-refractivity contribution >= 4 is 29.3 Å². The van der Waals surface area contributed by atoms with E-state index in [1.165, 1.54) is 11.3 Å². The first-order valence-electron chi connectivity index (χ1n) is 6.94. The average molecular weight is 315 g/mol. The van der Waals surface area contributed by atoms with Gasteiger partial charge >= 0.3 is 5.97 Å². The molecule has 0 aliphatic heterocycles. The zero-order chi connectivity index (χ0) is 15.6. The molecule has 0 aliphatic carbocycles. The first-order chi connectivity index (χ1) is 10.8. The number of nitrogens with one attached hydrogen (secondary N) is 1. The van der Waals surface area contributed by atoms with Crippen molar-refractivity contribution < 1.29 is 14.3 Å². The van der Waals surface area contributed by atoms with Crippen LogP contribution in [0.25, 0.3) is 6.08 Å². The summed E-state index contributed by atoms with van der Waals surface area (Å²) in [5.41, 5.74) is 1.06. The Labute approximate surface area is 133 Å². The molecule has 5 heteroatoms. The van der Waals surface area contributed by atoms with Crippen LogP contribution in [0.5, 0.6) is 0 Å². The molecule has 0 saturated heterocycles. The Kier molecular flexibility index (Phi) is 6.39. The molecule has 0 aliphatic rings. The standard InChI is InChI=1S/C17H17NO3S/c19-16(10-11-18-17(20)15-9-5-13-22-15)21-12-4-8-14-6-2-1-3-7-14/h1-9,13H,10-12H2,(H,18,20)/b8-4+. The lowest BCUT2D eigenvalue weighted by Crippen LogP contribution is -2.25. The molecule has 4 nitrogen and oxygen atoms in total. The Morgan fingerprint density at radius 2 is 1.95 bits per heavy atom. The van der Waals surface area contributed by atoms with Crippen molar-refractivity contribution in [1.29, 1.82) is 0 Å². The number of carbonyl (C=O) groups excluding carboxylic acids is 2. The third kappa shape index (κ3) is 5.54. The third-order valence-electron chi connectivity index (χ3n) is 2.81.